The molecule has 3 atom stereocenters. The molecule has 0 aliphatic carbocycles. The molecule has 0 spiro atoms. The minimum atomic E-state index is 0.441. The van der Waals surface area contributed by atoms with Crippen LogP contribution in [0, 0.1) is 5.92 Å². The maximum absolute atomic E-state index is 4.72. The van der Waals surface area contributed by atoms with Crippen LogP contribution in [0.2, 0.25) is 0 Å². The van der Waals surface area contributed by atoms with Crippen LogP contribution in [0.15, 0.2) is 12.3 Å². The van der Waals surface area contributed by atoms with Crippen molar-refractivity contribution in [3.8, 4) is 0 Å². The molecule has 2 rings (SSSR count). The first-order valence-electron chi connectivity index (χ1n) is 8.56. The lowest BCUT2D eigenvalue weighted by Gasteiger charge is -2.41. The number of hydrogen-bond donors (Lipinski definition) is 1. The minimum Gasteiger partial charge on any atom is -0.311 e. The van der Waals surface area contributed by atoms with Gasteiger partial charge in [-0.25, -0.2) is 0 Å². The van der Waals surface area contributed by atoms with Crippen molar-refractivity contribution in [3.05, 3.63) is 18.0 Å². The summed E-state index contributed by atoms with van der Waals surface area (Å²) in [5, 5.41) is 8.46. The summed E-state index contributed by atoms with van der Waals surface area (Å²) in [6.07, 6.45) is 4.55. The van der Waals surface area contributed by atoms with Gasteiger partial charge in [-0.2, -0.15) is 5.10 Å². The molecule has 2 heterocycles. The van der Waals surface area contributed by atoms with Gasteiger partial charge >= 0.3 is 0 Å². The van der Waals surface area contributed by atoms with Gasteiger partial charge in [0.1, 0.15) is 0 Å². The van der Waals surface area contributed by atoms with Crippen LogP contribution in [0.3, 0.4) is 0 Å². The Bertz CT molecular complexity index is 426. The zero-order chi connectivity index (χ0) is 15.4. The molecule has 1 aliphatic heterocycles. The van der Waals surface area contributed by atoms with E-state index in [-0.39, 0.29) is 0 Å². The first-order chi connectivity index (χ1) is 10.0. The van der Waals surface area contributed by atoms with Gasteiger partial charge in [-0.1, -0.05) is 27.2 Å². The molecule has 0 aromatic carbocycles. The van der Waals surface area contributed by atoms with Crippen LogP contribution in [0.1, 0.15) is 59.2 Å². The van der Waals surface area contributed by atoms with E-state index in [1.807, 2.05) is 0 Å². The third-order valence-corrected chi connectivity index (χ3v) is 4.92. The Balaban J connectivity index is 2.02. The predicted octanol–water partition coefficient (Wildman–Crippen LogP) is 3.06. The molecular formula is C17H32N4. The van der Waals surface area contributed by atoms with E-state index in [1.54, 1.807) is 0 Å². The fourth-order valence-electron chi connectivity index (χ4n) is 3.10. The van der Waals surface area contributed by atoms with Crippen molar-refractivity contribution in [1.82, 2.24) is 20.0 Å². The molecule has 0 saturated carbocycles. The highest BCUT2D eigenvalue weighted by Gasteiger charge is 2.29. The highest BCUT2D eigenvalue weighted by Crippen LogP contribution is 2.19. The van der Waals surface area contributed by atoms with Gasteiger partial charge in [0.15, 0.2) is 0 Å². The van der Waals surface area contributed by atoms with Crippen LogP contribution in [-0.2, 0) is 6.54 Å². The van der Waals surface area contributed by atoms with Crippen LogP contribution >= 0.6 is 0 Å². The first-order valence-corrected chi connectivity index (χ1v) is 8.56. The van der Waals surface area contributed by atoms with Gasteiger partial charge in [-0.05, 0) is 32.3 Å². The van der Waals surface area contributed by atoms with Gasteiger partial charge in [0.25, 0.3) is 0 Å². The fourth-order valence-corrected chi connectivity index (χ4v) is 3.10. The second-order valence-corrected chi connectivity index (χ2v) is 6.77. The number of piperazine rings is 1. The molecular weight excluding hydrogens is 260 g/mol. The van der Waals surface area contributed by atoms with Gasteiger partial charge in [0.05, 0.1) is 5.69 Å². The molecule has 0 bridgehead atoms. The Morgan fingerprint density at radius 2 is 2.10 bits per heavy atom. The smallest absolute Gasteiger partial charge is 0.0765 e. The molecule has 0 amide bonds. The Hall–Kier alpha value is -0.870. The standard InChI is InChI=1S/C17H32N4/c1-6-14(5)17-12-20(16(7-2)10-18-17)11-15-8-9-21(19-15)13(3)4/h8-9,13-14,16-18H,6-7,10-12H2,1-5H3. The van der Waals surface area contributed by atoms with Crippen molar-refractivity contribution in [2.24, 2.45) is 5.92 Å². The normalized spacial score (nSPS) is 25.4. The summed E-state index contributed by atoms with van der Waals surface area (Å²) in [6.45, 7) is 14.5. The summed E-state index contributed by atoms with van der Waals surface area (Å²) >= 11 is 0. The summed E-state index contributed by atoms with van der Waals surface area (Å²) in [5.41, 5.74) is 1.20. The average molecular weight is 292 g/mol. The van der Waals surface area contributed by atoms with Crippen molar-refractivity contribution >= 4 is 0 Å². The molecule has 1 aliphatic rings. The van der Waals surface area contributed by atoms with Crippen molar-refractivity contribution in [3.63, 3.8) is 0 Å². The number of nitrogens with zero attached hydrogens (tertiary/aromatic N) is 3. The third kappa shape index (κ3) is 4.07. The highest BCUT2D eigenvalue weighted by molar-refractivity contribution is 5.01. The van der Waals surface area contributed by atoms with E-state index in [2.05, 4.69) is 61.8 Å². The fraction of sp³-hybridized carbons (Fsp3) is 0.824. The van der Waals surface area contributed by atoms with Crippen LogP contribution in [0.25, 0.3) is 0 Å². The molecule has 1 aromatic rings. The highest BCUT2D eigenvalue weighted by atomic mass is 15.3. The Kier molecular flexibility index (Phi) is 5.82. The van der Waals surface area contributed by atoms with Gasteiger partial charge < -0.3 is 5.32 Å². The van der Waals surface area contributed by atoms with Crippen molar-refractivity contribution < 1.29 is 0 Å². The van der Waals surface area contributed by atoms with Crippen molar-refractivity contribution in [2.45, 2.75) is 72.1 Å². The lowest BCUT2D eigenvalue weighted by Crippen LogP contribution is -2.57. The Morgan fingerprint density at radius 3 is 2.67 bits per heavy atom. The maximum atomic E-state index is 4.72. The Labute approximate surface area is 129 Å². The number of nitrogens with one attached hydrogen (secondary N) is 1. The molecule has 4 nitrogen and oxygen atoms in total. The quantitative estimate of drug-likeness (QED) is 0.875. The second kappa shape index (κ2) is 7.41. The number of rotatable bonds is 6. The van der Waals surface area contributed by atoms with Crippen LogP contribution in [0.5, 0.6) is 0 Å². The Morgan fingerprint density at radius 1 is 1.33 bits per heavy atom. The molecule has 1 saturated heterocycles. The summed E-state index contributed by atoms with van der Waals surface area (Å²) in [5.74, 6) is 0.735. The van der Waals surface area contributed by atoms with E-state index in [4.69, 9.17) is 5.10 Å². The summed E-state index contributed by atoms with van der Waals surface area (Å²) in [7, 11) is 0. The predicted molar refractivity (Wildman–Crippen MR) is 88.3 cm³/mol. The molecule has 1 N–H and O–H groups in total. The molecule has 3 unspecified atom stereocenters. The average Bonchev–Trinajstić information content (AvgIpc) is 2.95. The monoisotopic (exact) mass is 292 g/mol. The zero-order valence-corrected chi connectivity index (χ0v) is 14.3. The topological polar surface area (TPSA) is 33.1 Å². The summed E-state index contributed by atoms with van der Waals surface area (Å²) in [4.78, 5) is 2.63. The van der Waals surface area contributed by atoms with Crippen LogP contribution in [0.4, 0.5) is 0 Å². The van der Waals surface area contributed by atoms with E-state index in [1.165, 1.54) is 18.5 Å². The van der Waals surface area contributed by atoms with Gasteiger partial charge in [-0.15, -0.1) is 0 Å². The van der Waals surface area contributed by atoms with E-state index in [0.717, 1.165) is 25.6 Å². The SMILES string of the molecule is CCC(C)C1CN(Cc2ccn(C(C)C)n2)C(CC)CN1. The molecule has 21 heavy (non-hydrogen) atoms. The third-order valence-electron chi connectivity index (χ3n) is 4.92. The minimum absolute atomic E-state index is 0.441. The lowest BCUT2D eigenvalue weighted by molar-refractivity contribution is 0.0978. The zero-order valence-electron chi connectivity index (χ0n) is 14.3. The van der Waals surface area contributed by atoms with E-state index in [0.29, 0.717) is 18.1 Å². The number of hydrogen-bond acceptors (Lipinski definition) is 3. The molecule has 4 heteroatoms. The second-order valence-electron chi connectivity index (χ2n) is 6.77. The van der Waals surface area contributed by atoms with Crippen LogP contribution < -0.4 is 5.32 Å². The number of aromatic nitrogens is 2. The summed E-state index contributed by atoms with van der Waals surface area (Å²) < 4.78 is 2.06. The summed E-state index contributed by atoms with van der Waals surface area (Å²) in [6, 6.07) is 3.86. The van der Waals surface area contributed by atoms with Gasteiger partial charge in [0, 0.05) is 44.0 Å². The molecule has 1 aromatic heterocycles. The van der Waals surface area contributed by atoms with Crippen molar-refractivity contribution in [2.75, 3.05) is 13.1 Å². The first kappa shape index (κ1) is 16.5. The van der Waals surface area contributed by atoms with E-state index < -0.39 is 0 Å². The molecule has 0 radical (unpaired) electrons. The van der Waals surface area contributed by atoms with E-state index in [9.17, 15) is 0 Å². The largest absolute Gasteiger partial charge is 0.311 e. The lowest BCUT2D eigenvalue weighted by atomic mass is 9.95. The molecule has 1 fully saturated rings. The van der Waals surface area contributed by atoms with Crippen molar-refractivity contribution in [1.29, 1.82) is 0 Å². The molecule has 120 valence electrons. The van der Waals surface area contributed by atoms with E-state index >= 15 is 0 Å². The van der Waals surface area contributed by atoms with Gasteiger partial charge in [0.2, 0.25) is 0 Å². The van der Waals surface area contributed by atoms with Crippen LogP contribution in [-0.4, -0.2) is 39.9 Å². The van der Waals surface area contributed by atoms with Gasteiger partial charge in [-0.3, -0.25) is 9.58 Å². The maximum Gasteiger partial charge on any atom is 0.0765 e.